The number of carbonyl (C=O) groups excluding carboxylic acids is 1. The summed E-state index contributed by atoms with van der Waals surface area (Å²) in [6.07, 6.45) is -0.885. The number of nitrogens with zero attached hydrogens (tertiary/aromatic N) is 1. The molecular formula is C30H36ClNO4. The molecule has 4 rings (SSSR count). The summed E-state index contributed by atoms with van der Waals surface area (Å²) in [6.45, 7) is 11.4. The summed E-state index contributed by atoms with van der Waals surface area (Å²) >= 11 is 6.20. The molecule has 3 aromatic carbocycles. The predicted molar refractivity (Wildman–Crippen MR) is 144 cm³/mol. The topological polar surface area (TPSA) is 48.0 Å². The van der Waals surface area contributed by atoms with Gasteiger partial charge < -0.3 is 14.3 Å². The third-order valence-electron chi connectivity index (χ3n) is 6.64. The normalized spacial score (nSPS) is 21.0. The Morgan fingerprint density at radius 3 is 2.36 bits per heavy atom. The molecule has 0 saturated carbocycles. The Bertz CT molecular complexity index is 1170. The molecule has 0 aromatic heterocycles. The van der Waals surface area contributed by atoms with Crippen LogP contribution >= 0.6 is 11.6 Å². The SMILES string of the molecule is CC(C)C1CN(OC(=O)OC(C)(C)C)CC(OCc2ccc3ccccc3c2)C1c1ccc(Cl)cc1. The molecule has 0 spiro atoms. The maximum atomic E-state index is 12.5. The first-order chi connectivity index (χ1) is 17.1. The van der Waals surface area contributed by atoms with Gasteiger partial charge in [0.2, 0.25) is 0 Å². The lowest BCUT2D eigenvalue weighted by Gasteiger charge is -2.44. The van der Waals surface area contributed by atoms with Crippen LogP contribution < -0.4 is 0 Å². The van der Waals surface area contributed by atoms with Crippen LogP contribution in [-0.2, 0) is 20.9 Å². The van der Waals surface area contributed by atoms with Crippen molar-refractivity contribution in [2.75, 3.05) is 13.1 Å². The van der Waals surface area contributed by atoms with E-state index in [1.54, 1.807) is 5.06 Å². The first-order valence-corrected chi connectivity index (χ1v) is 13.0. The molecule has 1 aliphatic rings. The molecule has 3 atom stereocenters. The molecule has 6 heteroatoms. The van der Waals surface area contributed by atoms with Crippen molar-refractivity contribution in [2.45, 2.75) is 58.8 Å². The zero-order valence-electron chi connectivity index (χ0n) is 21.7. The van der Waals surface area contributed by atoms with Crippen LogP contribution in [0.1, 0.15) is 51.7 Å². The number of hydrogen-bond donors (Lipinski definition) is 0. The summed E-state index contributed by atoms with van der Waals surface area (Å²) in [5.74, 6) is 0.660. The lowest BCUT2D eigenvalue weighted by Crippen LogP contribution is -2.51. The van der Waals surface area contributed by atoms with E-state index in [9.17, 15) is 4.79 Å². The van der Waals surface area contributed by atoms with Gasteiger partial charge in [0.25, 0.3) is 0 Å². The second-order valence-corrected chi connectivity index (χ2v) is 11.4. The van der Waals surface area contributed by atoms with Gasteiger partial charge in [-0.1, -0.05) is 74.0 Å². The third kappa shape index (κ3) is 6.78. The molecule has 1 fully saturated rings. The van der Waals surface area contributed by atoms with Gasteiger partial charge >= 0.3 is 6.16 Å². The van der Waals surface area contributed by atoms with E-state index >= 15 is 0 Å². The Morgan fingerprint density at radius 1 is 1.00 bits per heavy atom. The number of ether oxygens (including phenoxy) is 2. The number of hydrogen-bond acceptors (Lipinski definition) is 5. The van der Waals surface area contributed by atoms with Crippen molar-refractivity contribution in [3.8, 4) is 0 Å². The van der Waals surface area contributed by atoms with E-state index in [0.29, 0.717) is 30.6 Å². The molecule has 0 N–H and O–H groups in total. The number of piperidine rings is 1. The first kappa shape index (κ1) is 26.5. The van der Waals surface area contributed by atoms with Crippen molar-refractivity contribution >= 4 is 28.5 Å². The summed E-state index contributed by atoms with van der Waals surface area (Å²) in [4.78, 5) is 18.1. The third-order valence-corrected chi connectivity index (χ3v) is 6.89. The van der Waals surface area contributed by atoms with Gasteiger partial charge in [0, 0.05) is 17.5 Å². The molecular weight excluding hydrogens is 474 g/mol. The first-order valence-electron chi connectivity index (χ1n) is 12.6. The standard InChI is InChI=1S/C30H36ClNO4/c1-20(2)26-17-32(36-29(33)35-30(3,4)5)18-27(28(26)23-12-14-25(31)15-13-23)34-19-21-10-11-22-8-6-7-9-24(22)16-21/h6-16,20,26-28H,17-19H2,1-5H3. The predicted octanol–water partition coefficient (Wildman–Crippen LogP) is 7.62. The highest BCUT2D eigenvalue weighted by molar-refractivity contribution is 6.30. The summed E-state index contributed by atoms with van der Waals surface area (Å²) in [5.41, 5.74) is 1.66. The van der Waals surface area contributed by atoms with Gasteiger partial charge in [-0.15, -0.1) is 5.06 Å². The molecule has 1 saturated heterocycles. The van der Waals surface area contributed by atoms with Crippen LogP contribution in [-0.4, -0.2) is 36.0 Å². The van der Waals surface area contributed by atoms with Crippen LogP contribution in [0, 0.1) is 11.8 Å². The van der Waals surface area contributed by atoms with Crippen LogP contribution in [0.4, 0.5) is 4.79 Å². The quantitative estimate of drug-likeness (QED) is 0.320. The zero-order valence-corrected chi connectivity index (χ0v) is 22.5. The molecule has 192 valence electrons. The van der Waals surface area contributed by atoms with E-state index in [1.807, 2.05) is 45.0 Å². The molecule has 5 nitrogen and oxygen atoms in total. The van der Waals surface area contributed by atoms with Crippen molar-refractivity contribution < 1.29 is 19.1 Å². The van der Waals surface area contributed by atoms with Gasteiger partial charge in [-0.3, -0.25) is 0 Å². The van der Waals surface area contributed by atoms with E-state index in [1.165, 1.54) is 16.3 Å². The van der Waals surface area contributed by atoms with E-state index in [2.05, 4.69) is 56.3 Å². The van der Waals surface area contributed by atoms with Gasteiger partial charge in [-0.05, 0) is 72.7 Å². The summed E-state index contributed by atoms with van der Waals surface area (Å²) in [7, 11) is 0. The maximum Gasteiger partial charge on any atom is 0.528 e. The zero-order chi connectivity index (χ0) is 25.9. The smallest absolute Gasteiger partial charge is 0.427 e. The molecule has 1 aliphatic heterocycles. The Balaban J connectivity index is 1.58. The second kappa shape index (κ2) is 11.2. The van der Waals surface area contributed by atoms with Gasteiger partial charge in [0.05, 0.1) is 19.3 Å². The number of benzene rings is 3. The molecule has 0 aliphatic carbocycles. The Hall–Kier alpha value is -2.60. The highest BCUT2D eigenvalue weighted by Crippen LogP contribution is 2.40. The highest BCUT2D eigenvalue weighted by Gasteiger charge is 2.41. The fourth-order valence-corrected chi connectivity index (χ4v) is 5.05. The van der Waals surface area contributed by atoms with Crippen molar-refractivity contribution in [1.29, 1.82) is 0 Å². The van der Waals surface area contributed by atoms with Crippen molar-refractivity contribution in [3.63, 3.8) is 0 Å². The van der Waals surface area contributed by atoms with Crippen molar-refractivity contribution in [1.82, 2.24) is 5.06 Å². The van der Waals surface area contributed by atoms with Gasteiger partial charge in [0.15, 0.2) is 0 Å². The van der Waals surface area contributed by atoms with Crippen LogP contribution in [0.3, 0.4) is 0 Å². The molecule has 3 aromatic rings. The summed E-state index contributed by atoms with van der Waals surface area (Å²) in [6, 6.07) is 22.7. The number of fused-ring (bicyclic) bond motifs is 1. The molecule has 3 unspecified atom stereocenters. The molecule has 0 bridgehead atoms. The van der Waals surface area contributed by atoms with Crippen molar-refractivity contribution in [2.24, 2.45) is 11.8 Å². The lowest BCUT2D eigenvalue weighted by molar-refractivity contribution is -0.195. The van der Waals surface area contributed by atoms with Gasteiger partial charge in [0.1, 0.15) is 5.60 Å². The second-order valence-electron chi connectivity index (χ2n) is 10.9. The summed E-state index contributed by atoms with van der Waals surface area (Å²) < 4.78 is 12.0. The van der Waals surface area contributed by atoms with E-state index in [0.717, 1.165) is 5.56 Å². The van der Waals surface area contributed by atoms with Crippen LogP contribution in [0.5, 0.6) is 0 Å². The fourth-order valence-electron chi connectivity index (χ4n) is 4.92. The van der Waals surface area contributed by atoms with Crippen LogP contribution in [0.2, 0.25) is 5.02 Å². The molecule has 36 heavy (non-hydrogen) atoms. The van der Waals surface area contributed by atoms with E-state index in [4.69, 9.17) is 25.9 Å². The minimum atomic E-state index is -0.691. The van der Waals surface area contributed by atoms with E-state index in [-0.39, 0.29) is 17.9 Å². The summed E-state index contributed by atoms with van der Waals surface area (Å²) in [5, 5.41) is 4.80. The van der Waals surface area contributed by atoms with Gasteiger partial charge in [-0.25, -0.2) is 4.79 Å². The van der Waals surface area contributed by atoms with Gasteiger partial charge in [-0.2, -0.15) is 0 Å². The van der Waals surface area contributed by atoms with Crippen LogP contribution in [0.15, 0.2) is 66.7 Å². The maximum absolute atomic E-state index is 12.5. The molecule has 0 amide bonds. The lowest BCUT2D eigenvalue weighted by atomic mass is 9.74. The van der Waals surface area contributed by atoms with E-state index < -0.39 is 11.8 Å². The minimum absolute atomic E-state index is 0.126. The Morgan fingerprint density at radius 2 is 1.69 bits per heavy atom. The Labute approximate surface area is 219 Å². The average molecular weight is 510 g/mol. The van der Waals surface area contributed by atoms with Crippen LogP contribution in [0.25, 0.3) is 10.8 Å². The minimum Gasteiger partial charge on any atom is -0.427 e. The number of rotatable bonds is 6. The fraction of sp³-hybridized carbons (Fsp3) is 0.433. The largest absolute Gasteiger partial charge is 0.528 e. The number of halogens is 1. The van der Waals surface area contributed by atoms with Crippen molar-refractivity contribution in [3.05, 3.63) is 82.9 Å². The average Bonchev–Trinajstić information content (AvgIpc) is 2.81. The highest BCUT2D eigenvalue weighted by atomic mass is 35.5. The number of hydroxylamine groups is 2. The number of carbonyl (C=O) groups is 1. The Kier molecular flexibility index (Phi) is 8.23. The molecule has 0 radical (unpaired) electrons. The molecule has 1 heterocycles. The monoisotopic (exact) mass is 509 g/mol.